The number of rotatable bonds is 4. The monoisotopic (exact) mass is 264 g/mol. The first-order valence-corrected chi connectivity index (χ1v) is 6.23. The average molecular weight is 264 g/mol. The Kier molecular flexibility index (Phi) is 3.80. The van der Waals surface area contributed by atoms with Gasteiger partial charge in [0.15, 0.2) is 6.61 Å². The van der Waals surface area contributed by atoms with Gasteiger partial charge in [0.25, 0.3) is 5.91 Å². The summed E-state index contributed by atoms with van der Waals surface area (Å²) < 4.78 is 5.31. The smallest absolute Gasteiger partial charge is 0.262 e. The van der Waals surface area contributed by atoms with Crippen LogP contribution in [0.25, 0.3) is 0 Å². The third kappa shape index (κ3) is 3.29. The number of likely N-dealkylation sites (N-methyl/N-ethyl adjacent to an activating group) is 1. The van der Waals surface area contributed by atoms with Crippen LogP contribution in [-0.2, 0) is 4.79 Å². The molecule has 0 bridgehead atoms. The van der Waals surface area contributed by atoms with Gasteiger partial charge >= 0.3 is 0 Å². The van der Waals surface area contributed by atoms with E-state index in [9.17, 15) is 4.79 Å². The van der Waals surface area contributed by atoms with Gasteiger partial charge in [0.05, 0.1) is 17.1 Å². The number of nitrogen functional groups attached to an aromatic ring is 1. The lowest BCUT2D eigenvalue weighted by Crippen LogP contribution is -2.30. The maximum atomic E-state index is 11.3. The summed E-state index contributed by atoms with van der Waals surface area (Å²) in [6, 6.07) is 3.79. The summed E-state index contributed by atoms with van der Waals surface area (Å²) in [5, 5.41) is 6.10. The third-order valence-corrected chi connectivity index (χ3v) is 2.83. The molecule has 0 aliphatic carbocycles. The number of ether oxygens (including phenoxy) is 1. The van der Waals surface area contributed by atoms with Crippen molar-refractivity contribution >= 4 is 23.0 Å². The lowest BCUT2D eigenvalue weighted by molar-refractivity contribution is -0.118. The number of nitrogens with one attached hydrogen (secondary N) is 2. The molecule has 1 atom stereocenters. The van der Waals surface area contributed by atoms with Crippen LogP contribution in [0.5, 0.6) is 5.75 Å². The number of carbonyl (C=O) groups excluding carboxylic acids is 1. The zero-order valence-corrected chi connectivity index (χ0v) is 11.5. The number of hydrogen-bond acceptors (Lipinski definition) is 5. The first kappa shape index (κ1) is 13.5. The quantitative estimate of drug-likeness (QED) is 0.706. The molecule has 1 aromatic rings. The van der Waals surface area contributed by atoms with Crippen molar-refractivity contribution < 1.29 is 9.53 Å². The molecule has 0 fully saturated rings. The molecular formula is C13H20N4O2. The molecule has 4 N–H and O–H groups in total. The predicted molar refractivity (Wildman–Crippen MR) is 76.6 cm³/mol. The normalized spacial score (nSPS) is 15.5. The van der Waals surface area contributed by atoms with E-state index in [1.807, 2.05) is 20.2 Å². The number of benzene rings is 1. The van der Waals surface area contributed by atoms with Crippen LogP contribution in [0.1, 0.15) is 6.92 Å². The van der Waals surface area contributed by atoms with Crippen molar-refractivity contribution in [2.45, 2.75) is 13.0 Å². The number of nitrogens with two attached hydrogens (primary N) is 1. The predicted octanol–water partition coefficient (Wildman–Crippen LogP) is 0.962. The van der Waals surface area contributed by atoms with Crippen LogP contribution in [0, 0.1) is 0 Å². The highest BCUT2D eigenvalue weighted by atomic mass is 16.5. The Morgan fingerprint density at radius 1 is 1.53 bits per heavy atom. The van der Waals surface area contributed by atoms with Crippen molar-refractivity contribution in [2.24, 2.45) is 0 Å². The van der Waals surface area contributed by atoms with E-state index in [-0.39, 0.29) is 18.6 Å². The molecule has 0 saturated heterocycles. The van der Waals surface area contributed by atoms with E-state index < -0.39 is 0 Å². The molecule has 104 valence electrons. The van der Waals surface area contributed by atoms with E-state index >= 15 is 0 Å². The van der Waals surface area contributed by atoms with Gasteiger partial charge in [-0.1, -0.05) is 0 Å². The highest BCUT2D eigenvalue weighted by Crippen LogP contribution is 2.35. The molecule has 1 aliphatic rings. The average Bonchev–Trinajstić information content (AvgIpc) is 2.29. The fraction of sp³-hybridized carbons (Fsp3) is 0.462. The summed E-state index contributed by atoms with van der Waals surface area (Å²) in [5.74, 6) is 0.465. The number of amides is 1. The van der Waals surface area contributed by atoms with Crippen molar-refractivity contribution in [1.82, 2.24) is 4.90 Å². The molecule has 1 unspecified atom stereocenters. The summed E-state index contributed by atoms with van der Waals surface area (Å²) in [4.78, 5) is 13.4. The molecule has 1 heterocycles. The maximum absolute atomic E-state index is 11.3. The molecule has 1 amide bonds. The fourth-order valence-electron chi connectivity index (χ4n) is 2.13. The molecule has 1 aliphatic heterocycles. The first-order valence-electron chi connectivity index (χ1n) is 6.23. The Balaban J connectivity index is 2.17. The third-order valence-electron chi connectivity index (χ3n) is 2.83. The number of fused-ring (bicyclic) bond motifs is 1. The standard InChI is InChI=1S/C13H20N4O2/c1-8(6-17(2)3)15-10-5-11-12(4-9(10)14)19-7-13(18)16-11/h4-5,8,15H,6-7,14H2,1-3H3,(H,16,18). The van der Waals surface area contributed by atoms with Gasteiger partial charge in [-0.25, -0.2) is 0 Å². The van der Waals surface area contributed by atoms with Crippen molar-refractivity contribution in [2.75, 3.05) is 43.6 Å². The molecular weight excluding hydrogens is 244 g/mol. The van der Waals surface area contributed by atoms with Crippen LogP contribution >= 0.6 is 0 Å². The molecule has 2 rings (SSSR count). The van der Waals surface area contributed by atoms with E-state index in [4.69, 9.17) is 10.5 Å². The number of carbonyl (C=O) groups is 1. The minimum Gasteiger partial charge on any atom is -0.482 e. The van der Waals surface area contributed by atoms with Gasteiger partial charge in [-0.2, -0.15) is 0 Å². The first-order chi connectivity index (χ1) is 8.95. The molecule has 0 saturated carbocycles. The van der Waals surface area contributed by atoms with E-state index in [2.05, 4.69) is 22.5 Å². The molecule has 0 spiro atoms. The number of anilines is 3. The van der Waals surface area contributed by atoms with E-state index in [0.29, 0.717) is 17.1 Å². The van der Waals surface area contributed by atoms with Crippen molar-refractivity contribution in [3.8, 4) is 5.75 Å². The molecule has 1 aromatic carbocycles. The van der Waals surface area contributed by atoms with E-state index in [0.717, 1.165) is 12.2 Å². The Morgan fingerprint density at radius 2 is 2.26 bits per heavy atom. The van der Waals surface area contributed by atoms with Gasteiger partial charge in [-0.15, -0.1) is 0 Å². The zero-order chi connectivity index (χ0) is 14.0. The highest BCUT2D eigenvalue weighted by Gasteiger charge is 2.18. The Morgan fingerprint density at radius 3 is 2.95 bits per heavy atom. The zero-order valence-electron chi connectivity index (χ0n) is 11.5. The SMILES string of the molecule is CC(CN(C)C)Nc1cc2c(cc1N)OCC(=O)N2. The molecule has 0 aromatic heterocycles. The second-order valence-corrected chi connectivity index (χ2v) is 5.08. The Bertz CT molecular complexity index is 488. The highest BCUT2D eigenvalue weighted by molar-refractivity contribution is 5.97. The van der Waals surface area contributed by atoms with Gasteiger partial charge in [-0.05, 0) is 27.1 Å². The van der Waals surface area contributed by atoms with Crippen LogP contribution in [0.3, 0.4) is 0 Å². The minimum absolute atomic E-state index is 0.0379. The van der Waals surface area contributed by atoms with Crippen LogP contribution in [-0.4, -0.2) is 44.1 Å². The largest absolute Gasteiger partial charge is 0.482 e. The van der Waals surface area contributed by atoms with Crippen molar-refractivity contribution in [1.29, 1.82) is 0 Å². The topological polar surface area (TPSA) is 79.6 Å². The van der Waals surface area contributed by atoms with E-state index in [1.165, 1.54) is 0 Å². The molecule has 0 radical (unpaired) electrons. The molecule has 6 heteroatoms. The van der Waals surface area contributed by atoms with Gasteiger partial charge in [0.2, 0.25) is 0 Å². The van der Waals surface area contributed by atoms with Gasteiger partial charge < -0.3 is 26.0 Å². The number of hydrogen-bond donors (Lipinski definition) is 3. The summed E-state index contributed by atoms with van der Waals surface area (Å²) in [5.41, 5.74) is 8.06. The minimum atomic E-state index is -0.149. The van der Waals surface area contributed by atoms with Gasteiger partial charge in [-0.3, -0.25) is 4.79 Å². The fourth-order valence-corrected chi connectivity index (χ4v) is 2.13. The Hall–Kier alpha value is -1.95. The van der Waals surface area contributed by atoms with Crippen LogP contribution < -0.4 is 21.1 Å². The molecule has 6 nitrogen and oxygen atoms in total. The summed E-state index contributed by atoms with van der Waals surface area (Å²) in [7, 11) is 4.03. The lowest BCUT2D eigenvalue weighted by Gasteiger charge is -2.23. The summed E-state index contributed by atoms with van der Waals surface area (Å²) >= 11 is 0. The summed E-state index contributed by atoms with van der Waals surface area (Å²) in [6.07, 6.45) is 0. The molecule has 19 heavy (non-hydrogen) atoms. The van der Waals surface area contributed by atoms with Crippen molar-refractivity contribution in [3.63, 3.8) is 0 Å². The van der Waals surface area contributed by atoms with Crippen LogP contribution in [0.2, 0.25) is 0 Å². The number of nitrogens with zero attached hydrogens (tertiary/aromatic N) is 1. The second kappa shape index (κ2) is 5.36. The Labute approximate surface area is 112 Å². The maximum Gasteiger partial charge on any atom is 0.262 e. The van der Waals surface area contributed by atoms with Gasteiger partial charge in [0.1, 0.15) is 5.75 Å². The second-order valence-electron chi connectivity index (χ2n) is 5.08. The summed E-state index contributed by atoms with van der Waals surface area (Å²) in [6.45, 7) is 3.00. The van der Waals surface area contributed by atoms with E-state index in [1.54, 1.807) is 6.07 Å². The van der Waals surface area contributed by atoms with Crippen molar-refractivity contribution in [3.05, 3.63) is 12.1 Å². The van der Waals surface area contributed by atoms with Crippen LogP contribution in [0.15, 0.2) is 12.1 Å². The van der Waals surface area contributed by atoms with Crippen LogP contribution in [0.4, 0.5) is 17.1 Å². The van der Waals surface area contributed by atoms with Gasteiger partial charge in [0, 0.05) is 18.7 Å². The lowest BCUT2D eigenvalue weighted by atomic mass is 10.2.